The van der Waals surface area contributed by atoms with Crippen molar-refractivity contribution >= 4 is 11.8 Å². The van der Waals surface area contributed by atoms with Crippen molar-refractivity contribution in [1.82, 2.24) is 10.2 Å². The monoisotopic (exact) mass is 209 g/mol. The molecule has 82 valence electrons. The van der Waals surface area contributed by atoms with E-state index in [0.717, 1.165) is 26.2 Å². The molecule has 5 heteroatoms. The standard InChI is InChI=1S/C10H15N3O2/c14-9(12-10-2-1-7-15-10)8-13-5-3-11-4-6-13/h1-2,7,11H,3-6,8H2,(H,12,14). The van der Waals surface area contributed by atoms with Gasteiger partial charge in [0.1, 0.15) is 0 Å². The number of rotatable bonds is 3. The molecule has 0 spiro atoms. The number of amides is 1. The molecule has 1 aromatic rings. The fourth-order valence-electron chi connectivity index (χ4n) is 1.60. The molecule has 0 atom stereocenters. The zero-order valence-electron chi connectivity index (χ0n) is 8.53. The lowest BCUT2D eigenvalue weighted by atomic mass is 10.3. The summed E-state index contributed by atoms with van der Waals surface area (Å²) in [6.07, 6.45) is 1.54. The maximum Gasteiger partial charge on any atom is 0.240 e. The lowest BCUT2D eigenvalue weighted by molar-refractivity contribution is -0.117. The second-order valence-corrected chi connectivity index (χ2v) is 3.55. The third-order valence-corrected chi connectivity index (χ3v) is 2.36. The molecule has 2 N–H and O–H groups in total. The van der Waals surface area contributed by atoms with Gasteiger partial charge in [-0.2, -0.15) is 0 Å². The summed E-state index contributed by atoms with van der Waals surface area (Å²) in [6.45, 7) is 4.18. The van der Waals surface area contributed by atoms with E-state index in [2.05, 4.69) is 15.5 Å². The number of anilines is 1. The Morgan fingerprint density at radius 2 is 2.33 bits per heavy atom. The van der Waals surface area contributed by atoms with Crippen molar-refractivity contribution in [2.45, 2.75) is 0 Å². The second-order valence-electron chi connectivity index (χ2n) is 3.55. The van der Waals surface area contributed by atoms with Gasteiger partial charge in [-0.3, -0.25) is 15.0 Å². The Kier molecular flexibility index (Phi) is 3.37. The van der Waals surface area contributed by atoms with Crippen molar-refractivity contribution in [1.29, 1.82) is 0 Å². The lowest BCUT2D eigenvalue weighted by Gasteiger charge is -2.26. The number of furan rings is 1. The van der Waals surface area contributed by atoms with Gasteiger partial charge in [0.2, 0.25) is 5.91 Å². The van der Waals surface area contributed by atoms with Crippen LogP contribution in [0.3, 0.4) is 0 Å². The highest BCUT2D eigenvalue weighted by Gasteiger charge is 2.13. The molecular formula is C10H15N3O2. The van der Waals surface area contributed by atoms with Crippen LogP contribution in [0.4, 0.5) is 5.88 Å². The molecule has 0 unspecified atom stereocenters. The molecule has 0 aliphatic carbocycles. The van der Waals surface area contributed by atoms with E-state index >= 15 is 0 Å². The minimum Gasteiger partial charge on any atom is -0.449 e. The summed E-state index contributed by atoms with van der Waals surface area (Å²) < 4.78 is 5.03. The first-order chi connectivity index (χ1) is 7.34. The van der Waals surface area contributed by atoms with Crippen molar-refractivity contribution in [2.75, 3.05) is 38.0 Å². The van der Waals surface area contributed by atoms with Crippen molar-refractivity contribution in [3.05, 3.63) is 18.4 Å². The highest BCUT2D eigenvalue weighted by Crippen LogP contribution is 2.06. The molecule has 0 bridgehead atoms. The van der Waals surface area contributed by atoms with E-state index in [-0.39, 0.29) is 5.91 Å². The van der Waals surface area contributed by atoms with E-state index in [9.17, 15) is 4.79 Å². The van der Waals surface area contributed by atoms with Crippen LogP contribution in [-0.4, -0.2) is 43.5 Å². The molecular weight excluding hydrogens is 194 g/mol. The molecule has 1 aliphatic rings. The molecule has 15 heavy (non-hydrogen) atoms. The summed E-state index contributed by atoms with van der Waals surface area (Å²) in [5, 5.41) is 5.94. The Labute approximate surface area is 88.4 Å². The first-order valence-corrected chi connectivity index (χ1v) is 5.11. The van der Waals surface area contributed by atoms with Crippen LogP contribution in [0.1, 0.15) is 0 Å². The topological polar surface area (TPSA) is 57.5 Å². The summed E-state index contributed by atoms with van der Waals surface area (Å²) in [5.74, 6) is 0.488. The van der Waals surface area contributed by atoms with Gasteiger partial charge in [0, 0.05) is 32.2 Å². The molecule has 1 aromatic heterocycles. The van der Waals surface area contributed by atoms with Crippen LogP contribution in [-0.2, 0) is 4.79 Å². The fraction of sp³-hybridized carbons (Fsp3) is 0.500. The zero-order valence-corrected chi connectivity index (χ0v) is 8.53. The number of carbonyl (C=O) groups is 1. The maximum absolute atomic E-state index is 11.5. The second kappa shape index (κ2) is 4.95. The van der Waals surface area contributed by atoms with Crippen LogP contribution in [0, 0.1) is 0 Å². The molecule has 2 heterocycles. The Hall–Kier alpha value is -1.33. The van der Waals surface area contributed by atoms with Crippen LogP contribution >= 0.6 is 0 Å². The van der Waals surface area contributed by atoms with E-state index in [1.807, 2.05) is 0 Å². The average Bonchev–Trinajstić information content (AvgIpc) is 2.71. The van der Waals surface area contributed by atoms with E-state index < -0.39 is 0 Å². The van der Waals surface area contributed by atoms with Gasteiger partial charge in [-0.25, -0.2) is 0 Å². The molecule has 2 rings (SSSR count). The smallest absolute Gasteiger partial charge is 0.240 e. The van der Waals surface area contributed by atoms with Crippen molar-refractivity contribution in [2.24, 2.45) is 0 Å². The van der Waals surface area contributed by atoms with Gasteiger partial charge in [-0.1, -0.05) is 0 Å². The number of nitrogens with zero attached hydrogens (tertiary/aromatic N) is 1. The van der Waals surface area contributed by atoms with E-state index in [4.69, 9.17) is 4.42 Å². The quantitative estimate of drug-likeness (QED) is 0.742. The average molecular weight is 209 g/mol. The van der Waals surface area contributed by atoms with Crippen molar-refractivity contribution < 1.29 is 9.21 Å². The third kappa shape index (κ3) is 3.07. The number of piperazine rings is 1. The van der Waals surface area contributed by atoms with Crippen LogP contribution in [0.2, 0.25) is 0 Å². The number of carbonyl (C=O) groups excluding carboxylic acids is 1. The molecule has 1 aliphatic heterocycles. The molecule has 1 amide bonds. The van der Waals surface area contributed by atoms with Crippen LogP contribution in [0.25, 0.3) is 0 Å². The van der Waals surface area contributed by atoms with Gasteiger partial charge in [0.15, 0.2) is 5.88 Å². The van der Waals surface area contributed by atoms with Gasteiger partial charge in [-0.05, 0) is 6.07 Å². The molecule has 1 saturated heterocycles. The SMILES string of the molecule is O=C(CN1CCNCC1)Nc1ccco1. The summed E-state index contributed by atoms with van der Waals surface area (Å²) in [4.78, 5) is 13.7. The minimum absolute atomic E-state index is 0.0214. The van der Waals surface area contributed by atoms with E-state index in [1.54, 1.807) is 18.4 Å². The van der Waals surface area contributed by atoms with Crippen LogP contribution in [0.5, 0.6) is 0 Å². The first kappa shape index (κ1) is 10.2. The fourth-order valence-corrected chi connectivity index (χ4v) is 1.60. The van der Waals surface area contributed by atoms with Crippen molar-refractivity contribution in [3.63, 3.8) is 0 Å². The Morgan fingerprint density at radius 1 is 1.53 bits per heavy atom. The Morgan fingerprint density at radius 3 is 3.00 bits per heavy atom. The number of hydrogen-bond acceptors (Lipinski definition) is 4. The highest BCUT2D eigenvalue weighted by atomic mass is 16.3. The molecule has 0 saturated carbocycles. The predicted molar refractivity (Wildman–Crippen MR) is 56.6 cm³/mol. The van der Waals surface area contributed by atoms with E-state index in [1.165, 1.54) is 0 Å². The maximum atomic E-state index is 11.5. The van der Waals surface area contributed by atoms with Gasteiger partial charge >= 0.3 is 0 Å². The highest BCUT2D eigenvalue weighted by molar-refractivity contribution is 5.90. The first-order valence-electron chi connectivity index (χ1n) is 5.11. The summed E-state index contributed by atoms with van der Waals surface area (Å²) in [6, 6.07) is 3.48. The van der Waals surface area contributed by atoms with Gasteiger partial charge in [-0.15, -0.1) is 0 Å². The lowest BCUT2D eigenvalue weighted by Crippen LogP contribution is -2.46. The number of hydrogen-bond donors (Lipinski definition) is 2. The normalized spacial score (nSPS) is 17.6. The van der Waals surface area contributed by atoms with Gasteiger partial charge < -0.3 is 9.73 Å². The third-order valence-electron chi connectivity index (χ3n) is 2.36. The predicted octanol–water partition coefficient (Wildman–Crippen LogP) is 0.123. The van der Waals surface area contributed by atoms with E-state index in [0.29, 0.717) is 12.4 Å². The molecule has 5 nitrogen and oxygen atoms in total. The summed E-state index contributed by atoms with van der Waals surface area (Å²) in [7, 11) is 0. The largest absolute Gasteiger partial charge is 0.449 e. The molecule has 0 aromatic carbocycles. The summed E-state index contributed by atoms with van der Waals surface area (Å²) >= 11 is 0. The van der Waals surface area contributed by atoms with Crippen LogP contribution < -0.4 is 10.6 Å². The zero-order chi connectivity index (χ0) is 10.5. The Bertz CT molecular complexity index is 304. The molecule has 0 radical (unpaired) electrons. The minimum atomic E-state index is -0.0214. The molecule has 1 fully saturated rings. The number of nitrogens with one attached hydrogen (secondary N) is 2. The van der Waals surface area contributed by atoms with Crippen LogP contribution in [0.15, 0.2) is 22.8 Å². The summed E-state index contributed by atoms with van der Waals surface area (Å²) in [5.41, 5.74) is 0. The van der Waals surface area contributed by atoms with Gasteiger partial charge in [0.05, 0.1) is 12.8 Å². The Balaban J connectivity index is 1.76. The van der Waals surface area contributed by atoms with Crippen molar-refractivity contribution in [3.8, 4) is 0 Å². The van der Waals surface area contributed by atoms with Gasteiger partial charge in [0.25, 0.3) is 0 Å².